The van der Waals surface area contributed by atoms with E-state index < -0.39 is 0 Å². The molecular formula is C11H13Cl2NO. The van der Waals surface area contributed by atoms with E-state index >= 15 is 0 Å². The minimum absolute atomic E-state index is 0.00253. The molecule has 1 unspecified atom stereocenters. The van der Waals surface area contributed by atoms with Crippen molar-refractivity contribution >= 4 is 29.0 Å². The molecule has 0 amide bonds. The van der Waals surface area contributed by atoms with Crippen LogP contribution in [0, 0.1) is 0 Å². The highest BCUT2D eigenvalue weighted by Crippen LogP contribution is 2.26. The first-order valence-electron chi connectivity index (χ1n) is 4.66. The van der Waals surface area contributed by atoms with Crippen LogP contribution in [0.5, 0.6) is 0 Å². The van der Waals surface area contributed by atoms with Crippen molar-refractivity contribution in [2.24, 2.45) is 0 Å². The van der Waals surface area contributed by atoms with Gasteiger partial charge in [-0.15, -0.1) is 0 Å². The Labute approximate surface area is 99.6 Å². The Bertz CT molecular complexity index is 366. The predicted octanol–water partition coefficient (Wildman–Crippen LogP) is 3.23. The third-order valence-corrected chi connectivity index (χ3v) is 2.93. The lowest BCUT2D eigenvalue weighted by Crippen LogP contribution is -2.18. The highest BCUT2D eigenvalue weighted by molar-refractivity contribution is 6.42. The van der Waals surface area contributed by atoms with E-state index in [9.17, 15) is 4.79 Å². The smallest absolute Gasteiger partial charge is 0.131 e. The third-order valence-electron chi connectivity index (χ3n) is 2.19. The number of carbonyl (C=O) groups excluding carboxylic acids is 1. The van der Waals surface area contributed by atoms with Crippen LogP contribution in [0.3, 0.4) is 0 Å². The number of nitrogens with one attached hydrogen (secondary N) is 1. The van der Waals surface area contributed by atoms with Crippen LogP contribution >= 0.6 is 23.2 Å². The van der Waals surface area contributed by atoms with Crippen molar-refractivity contribution in [3.63, 3.8) is 0 Å². The molecule has 2 nitrogen and oxygen atoms in total. The maximum absolute atomic E-state index is 11.0. The van der Waals surface area contributed by atoms with E-state index in [1.54, 1.807) is 19.1 Å². The van der Waals surface area contributed by atoms with Crippen LogP contribution in [0.2, 0.25) is 10.0 Å². The van der Waals surface area contributed by atoms with Gasteiger partial charge in [0.1, 0.15) is 5.78 Å². The van der Waals surface area contributed by atoms with Gasteiger partial charge in [0.05, 0.1) is 10.0 Å². The van der Waals surface area contributed by atoms with Gasteiger partial charge in [-0.3, -0.25) is 4.79 Å². The Kier molecular flexibility index (Phi) is 4.58. The molecule has 1 atom stereocenters. The SMILES string of the molecule is CNC(CC(C)=O)c1ccc(Cl)c(Cl)c1. The fourth-order valence-corrected chi connectivity index (χ4v) is 1.71. The topological polar surface area (TPSA) is 29.1 Å². The molecule has 0 fully saturated rings. The van der Waals surface area contributed by atoms with E-state index in [2.05, 4.69) is 5.32 Å². The Morgan fingerprint density at radius 1 is 1.40 bits per heavy atom. The molecule has 0 aliphatic heterocycles. The van der Waals surface area contributed by atoms with Crippen LogP contribution in [-0.4, -0.2) is 12.8 Å². The minimum Gasteiger partial charge on any atom is -0.313 e. The summed E-state index contributed by atoms with van der Waals surface area (Å²) < 4.78 is 0. The quantitative estimate of drug-likeness (QED) is 0.883. The van der Waals surface area contributed by atoms with Crippen LogP contribution in [0.4, 0.5) is 0 Å². The monoisotopic (exact) mass is 245 g/mol. The summed E-state index contributed by atoms with van der Waals surface area (Å²) in [6, 6.07) is 5.40. The maximum Gasteiger partial charge on any atom is 0.131 e. The molecule has 82 valence electrons. The summed E-state index contributed by atoms with van der Waals surface area (Å²) in [7, 11) is 1.82. The van der Waals surface area contributed by atoms with Gasteiger partial charge in [-0.1, -0.05) is 29.3 Å². The molecule has 0 saturated carbocycles. The highest BCUT2D eigenvalue weighted by atomic mass is 35.5. The average Bonchev–Trinajstić information content (AvgIpc) is 2.18. The molecule has 15 heavy (non-hydrogen) atoms. The largest absolute Gasteiger partial charge is 0.313 e. The second-order valence-corrected chi connectivity index (χ2v) is 4.24. The molecule has 0 radical (unpaired) electrons. The van der Waals surface area contributed by atoms with Crippen molar-refractivity contribution in [1.82, 2.24) is 5.32 Å². The first kappa shape index (κ1) is 12.5. The normalized spacial score (nSPS) is 12.5. The molecule has 1 aromatic carbocycles. The summed E-state index contributed by atoms with van der Waals surface area (Å²) in [5.74, 6) is 0.139. The third kappa shape index (κ3) is 3.49. The molecular weight excluding hydrogens is 233 g/mol. The summed E-state index contributed by atoms with van der Waals surface area (Å²) in [5.41, 5.74) is 0.974. The zero-order valence-electron chi connectivity index (χ0n) is 8.68. The fraction of sp³-hybridized carbons (Fsp3) is 0.364. The number of hydrogen-bond acceptors (Lipinski definition) is 2. The number of hydrogen-bond donors (Lipinski definition) is 1. The lowest BCUT2D eigenvalue weighted by Gasteiger charge is -2.15. The Morgan fingerprint density at radius 3 is 2.53 bits per heavy atom. The number of rotatable bonds is 4. The van der Waals surface area contributed by atoms with Crippen LogP contribution in [0.1, 0.15) is 24.9 Å². The average molecular weight is 246 g/mol. The number of halogens is 2. The fourth-order valence-electron chi connectivity index (χ4n) is 1.40. The molecule has 0 saturated heterocycles. The van der Waals surface area contributed by atoms with Crippen LogP contribution in [-0.2, 0) is 4.79 Å². The van der Waals surface area contributed by atoms with Crippen LogP contribution in [0.15, 0.2) is 18.2 Å². The predicted molar refractivity (Wildman–Crippen MR) is 63.6 cm³/mol. The van der Waals surface area contributed by atoms with Crippen LogP contribution < -0.4 is 5.32 Å². The molecule has 0 heterocycles. The van der Waals surface area contributed by atoms with Gasteiger partial charge < -0.3 is 5.32 Å². The van der Waals surface area contributed by atoms with Gasteiger partial charge in [0.2, 0.25) is 0 Å². The molecule has 4 heteroatoms. The molecule has 0 aliphatic rings. The van der Waals surface area contributed by atoms with Gasteiger partial charge in [-0.25, -0.2) is 0 Å². The summed E-state index contributed by atoms with van der Waals surface area (Å²) in [5, 5.41) is 4.11. The molecule has 0 aromatic heterocycles. The van der Waals surface area contributed by atoms with Gasteiger partial charge >= 0.3 is 0 Å². The minimum atomic E-state index is -0.00253. The molecule has 0 aliphatic carbocycles. The maximum atomic E-state index is 11.0. The van der Waals surface area contributed by atoms with Crippen molar-refractivity contribution in [1.29, 1.82) is 0 Å². The molecule has 0 spiro atoms. The molecule has 1 rings (SSSR count). The van der Waals surface area contributed by atoms with Crippen molar-refractivity contribution < 1.29 is 4.79 Å². The second kappa shape index (κ2) is 5.50. The van der Waals surface area contributed by atoms with Crippen molar-refractivity contribution in [2.45, 2.75) is 19.4 Å². The molecule has 1 N–H and O–H groups in total. The van der Waals surface area contributed by atoms with E-state index in [1.165, 1.54) is 0 Å². The van der Waals surface area contributed by atoms with E-state index in [0.717, 1.165) is 5.56 Å². The van der Waals surface area contributed by atoms with E-state index in [0.29, 0.717) is 16.5 Å². The number of benzene rings is 1. The Hall–Kier alpha value is -0.570. The second-order valence-electron chi connectivity index (χ2n) is 3.42. The first-order chi connectivity index (χ1) is 7.04. The molecule has 0 bridgehead atoms. The van der Waals surface area contributed by atoms with Crippen LogP contribution in [0.25, 0.3) is 0 Å². The first-order valence-corrected chi connectivity index (χ1v) is 5.42. The van der Waals surface area contributed by atoms with E-state index in [-0.39, 0.29) is 11.8 Å². The summed E-state index contributed by atoms with van der Waals surface area (Å²) in [6.07, 6.45) is 0.453. The Morgan fingerprint density at radius 2 is 2.07 bits per heavy atom. The standard InChI is InChI=1S/C11H13Cl2NO/c1-7(15)5-11(14-2)8-3-4-9(12)10(13)6-8/h3-4,6,11,14H,5H2,1-2H3. The van der Waals surface area contributed by atoms with E-state index in [1.807, 2.05) is 13.1 Å². The van der Waals surface area contributed by atoms with Crippen molar-refractivity contribution in [3.05, 3.63) is 33.8 Å². The number of Topliss-reactive ketones (excluding diaryl/α,β-unsaturated/α-hetero) is 1. The van der Waals surface area contributed by atoms with E-state index in [4.69, 9.17) is 23.2 Å². The van der Waals surface area contributed by atoms with Gasteiger partial charge in [0.25, 0.3) is 0 Å². The van der Waals surface area contributed by atoms with Gasteiger partial charge in [0, 0.05) is 12.5 Å². The molecule has 1 aromatic rings. The van der Waals surface area contributed by atoms with Crippen molar-refractivity contribution in [2.75, 3.05) is 7.05 Å². The summed E-state index contributed by atoms with van der Waals surface area (Å²) in [6.45, 7) is 1.57. The Balaban J connectivity index is 2.92. The van der Waals surface area contributed by atoms with Crippen molar-refractivity contribution in [3.8, 4) is 0 Å². The highest BCUT2D eigenvalue weighted by Gasteiger charge is 2.12. The van der Waals surface area contributed by atoms with Gasteiger partial charge in [-0.2, -0.15) is 0 Å². The van der Waals surface area contributed by atoms with Gasteiger partial charge in [-0.05, 0) is 31.7 Å². The summed E-state index contributed by atoms with van der Waals surface area (Å²) >= 11 is 11.7. The lowest BCUT2D eigenvalue weighted by molar-refractivity contribution is -0.117. The zero-order chi connectivity index (χ0) is 11.4. The zero-order valence-corrected chi connectivity index (χ0v) is 10.2. The number of ketones is 1. The summed E-state index contributed by atoms with van der Waals surface area (Å²) in [4.78, 5) is 11.0. The van der Waals surface area contributed by atoms with Gasteiger partial charge in [0.15, 0.2) is 0 Å². The lowest BCUT2D eigenvalue weighted by atomic mass is 10.0. The number of carbonyl (C=O) groups is 1.